The molecular weight excluding hydrogens is 611 g/mol. The summed E-state index contributed by atoms with van der Waals surface area (Å²) < 4.78 is 34.9. The minimum atomic E-state index is -4.16. The molecule has 0 bridgehead atoms. The van der Waals surface area contributed by atoms with Crippen LogP contribution in [0.4, 0.5) is 5.69 Å². The molecule has 1 N–H and O–H groups in total. The number of rotatable bonds is 15. The van der Waals surface area contributed by atoms with Gasteiger partial charge in [-0.1, -0.05) is 100 Å². The van der Waals surface area contributed by atoms with E-state index in [1.807, 2.05) is 74.5 Å². The summed E-state index contributed by atoms with van der Waals surface area (Å²) in [5.74, 6) is 0.223. The predicted molar refractivity (Wildman–Crippen MR) is 187 cm³/mol. The van der Waals surface area contributed by atoms with Crippen LogP contribution in [0.1, 0.15) is 50.3 Å². The van der Waals surface area contributed by atoms with Crippen LogP contribution >= 0.6 is 0 Å². The Labute approximate surface area is 279 Å². The standard InChI is InChI=1S/C38H45N3O5S/c1-28(2)25-39-38(43)36(24-30-13-8-6-9-14-30)40(26-31-15-12-16-34(23-31)46-5)37(42)27-41(33-21-19-32(20-22-33)29(3)4)47(44,45)35-17-10-7-11-18-35/h6-23,28-29,36H,24-27H2,1-5H3,(H,39,43). The first-order valence-electron chi connectivity index (χ1n) is 15.9. The van der Waals surface area contributed by atoms with Crippen molar-refractivity contribution in [2.75, 3.05) is 24.5 Å². The topological polar surface area (TPSA) is 96.0 Å². The number of hydrogen-bond acceptors (Lipinski definition) is 5. The molecule has 4 aromatic carbocycles. The highest BCUT2D eigenvalue weighted by atomic mass is 32.2. The molecule has 0 radical (unpaired) electrons. The molecule has 4 rings (SSSR count). The average molecular weight is 656 g/mol. The fraction of sp³-hybridized carbons (Fsp3) is 0.316. The first kappa shape index (κ1) is 35.2. The summed E-state index contributed by atoms with van der Waals surface area (Å²) in [6.45, 7) is 8.11. The van der Waals surface area contributed by atoms with Gasteiger partial charge in [-0.05, 0) is 64.9 Å². The van der Waals surface area contributed by atoms with Gasteiger partial charge in [0.1, 0.15) is 18.3 Å². The third-order valence-corrected chi connectivity index (χ3v) is 9.69. The van der Waals surface area contributed by atoms with Crippen molar-refractivity contribution in [3.63, 3.8) is 0 Å². The van der Waals surface area contributed by atoms with E-state index in [9.17, 15) is 18.0 Å². The maximum Gasteiger partial charge on any atom is 0.264 e. The number of ether oxygens (including phenoxy) is 1. The first-order valence-corrected chi connectivity index (χ1v) is 17.4. The second-order valence-corrected chi connectivity index (χ2v) is 14.2. The van der Waals surface area contributed by atoms with Gasteiger partial charge in [0.2, 0.25) is 11.8 Å². The molecule has 0 heterocycles. The number of anilines is 1. The maximum atomic E-state index is 14.6. The summed E-state index contributed by atoms with van der Waals surface area (Å²) in [6.07, 6.45) is 0.245. The largest absolute Gasteiger partial charge is 0.497 e. The SMILES string of the molecule is COc1cccc(CN(C(=O)CN(c2ccc(C(C)C)cc2)S(=O)(=O)c2ccccc2)C(Cc2ccccc2)C(=O)NCC(C)C)c1. The molecule has 0 aliphatic heterocycles. The van der Waals surface area contributed by atoms with Gasteiger partial charge in [0, 0.05) is 19.5 Å². The molecule has 0 saturated heterocycles. The molecule has 2 amide bonds. The molecule has 0 spiro atoms. The molecule has 1 atom stereocenters. The quantitative estimate of drug-likeness (QED) is 0.159. The molecule has 248 valence electrons. The zero-order valence-electron chi connectivity index (χ0n) is 27.8. The van der Waals surface area contributed by atoms with Crippen LogP contribution in [-0.4, -0.2) is 51.4 Å². The van der Waals surface area contributed by atoms with Gasteiger partial charge in [0.15, 0.2) is 0 Å². The van der Waals surface area contributed by atoms with Crippen LogP contribution in [0.2, 0.25) is 0 Å². The monoisotopic (exact) mass is 655 g/mol. The first-order chi connectivity index (χ1) is 22.5. The Bertz CT molecular complexity index is 1710. The van der Waals surface area contributed by atoms with Crippen LogP contribution in [0, 0.1) is 5.92 Å². The lowest BCUT2D eigenvalue weighted by molar-refractivity contribution is -0.140. The van der Waals surface area contributed by atoms with Crippen LogP contribution in [0.5, 0.6) is 5.75 Å². The number of methoxy groups -OCH3 is 1. The molecule has 0 aliphatic rings. The zero-order chi connectivity index (χ0) is 34.0. The second kappa shape index (κ2) is 16.3. The van der Waals surface area contributed by atoms with Crippen LogP contribution in [-0.2, 0) is 32.6 Å². The smallest absolute Gasteiger partial charge is 0.264 e. The van der Waals surface area contributed by atoms with E-state index in [1.165, 1.54) is 17.0 Å². The summed E-state index contributed by atoms with van der Waals surface area (Å²) in [4.78, 5) is 30.1. The van der Waals surface area contributed by atoms with Gasteiger partial charge >= 0.3 is 0 Å². The molecule has 47 heavy (non-hydrogen) atoms. The van der Waals surface area contributed by atoms with Gasteiger partial charge in [0.25, 0.3) is 10.0 Å². The number of sulfonamides is 1. The van der Waals surface area contributed by atoms with E-state index in [1.54, 1.807) is 43.5 Å². The molecule has 0 fully saturated rings. The van der Waals surface area contributed by atoms with Crippen molar-refractivity contribution in [2.45, 2.75) is 57.5 Å². The van der Waals surface area contributed by atoms with Crippen molar-refractivity contribution in [2.24, 2.45) is 5.92 Å². The highest BCUT2D eigenvalue weighted by molar-refractivity contribution is 7.92. The second-order valence-electron chi connectivity index (χ2n) is 12.3. The molecular formula is C38H45N3O5S. The average Bonchev–Trinajstić information content (AvgIpc) is 3.08. The summed E-state index contributed by atoms with van der Waals surface area (Å²) in [6, 6.07) is 31.2. The van der Waals surface area contributed by atoms with Crippen molar-refractivity contribution in [3.8, 4) is 5.75 Å². The van der Waals surface area contributed by atoms with Gasteiger partial charge in [-0.2, -0.15) is 0 Å². The number of carbonyl (C=O) groups is 2. The fourth-order valence-corrected chi connectivity index (χ4v) is 6.65. The van der Waals surface area contributed by atoms with E-state index in [0.717, 1.165) is 21.0 Å². The van der Waals surface area contributed by atoms with Crippen LogP contribution in [0.25, 0.3) is 0 Å². The molecule has 0 aliphatic carbocycles. The van der Waals surface area contributed by atoms with Crippen molar-refractivity contribution >= 4 is 27.5 Å². The normalized spacial score (nSPS) is 12.1. The molecule has 0 saturated carbocycles. The van der Waals surface area contributed by atoms with Crippen LogP contribution < -0.4 is 14.4 Å². The summed E-state index contributed by atoms with van der Waals surface area (Å²) in [7, 11) is -2.59. The lowest BCUT2D eigenvalue weighted by Gasteiger charge is -2.34. The van der Waals surface area contributed by atoms with Crippen molar-refractivity contribution in [1.29, 1.82) is 0 Å². The molecule has 9 heteroatoms. The van der Waals surface area contributed by atoms with Crippen molar-refractivity contribution < 1.29 is 22.7 Å². The Balaban J connectivity index is 1.81. The van der Waals surface area contributed by atoms with Crippen LogP contribution in [0.15, 0.2) is 114 Å². The lowest BCUT2D eigenvalue weighted by atomic mass is 10.0. The summed E-state index contributed by atoms with van der Waals surface area (Å²) in [5, 5.41) is 3.01. The molecule has 4 aromatic rings. The lowest BCUT2D eigenvalue weighted by Crippen LogP contribution is -2.53. The number of nitrogens with one attached hydrogen (secondary N) is 1. The predicted octanol–water partition coefficient (Wildman–Crippen LogP) is 6.43. The summed E-state index contributed by atoms with van der Waals surface area (Å²) in [5.41, 5.74) is 3.02. The maximum absolute atomic E-state index is 14.6. The molecule has 8 nitrogen and oxygen atoms in total. The Hall–Kier alpha value is -4.63. The minimum absolute atomic E-state index is 0.0636. The van der Waals surface area contributed by atoms with Crippen molar-refractivity contribution in [3.05, 3.63) is 126 Å². The van der Waals surface area contributed by atoms with E-state index in [0.29, 0.717) is 18.0 Å². The van der Waals surface area contributed by atoms with E-state index in [4.69, 9.17) is 4.74 Å². The third-order valence-electron chi connectivity index (χ3n) is 7.90. The fourth-order valence-electron chi connectivity index (χ4n) is 5.22. The zero-order valence-corrected chi connectivity index (χ0v) is 28.6. The highest BCUT2D eigenvalue weighted by Crippen LogP contribution is 2.27. The number of amides is 2. The third kappa shape index (κ3) is 9.45. The van der Waals surface area contributed by atoms with E-state index in [-0.39, 0.29) is 35.6 Å². The number of nitrogens with zero attached hydrogens (tertiary/aromatic N) is 2. The van der Waals surface area contributed by atoms with Gasteiger partial charge in [-0.15, -0.1) is 0 Å². The highest BCUT2D eigenvalue weighted by Gasteiger charge is 2.34. The van der Waals surface area contributed by atoms with E-state index >= 15 is 0 Å². The number of hydrogen-bond donors (Lipinski definition) is 1. The van der Waals surface area contributed by atoms with Crippen LogP contribution in [0.3, 0.4) is 0 Å². The molecule has 1 unspecified atom stereocenters. The Kier molecular flexibility index (Phi) is 12.2. The van der Waals surface area contributed by atoms with E-state index in [2.05, 4.69) is 19.2 Å². The number of carbonyl (C=O) groups excluding carboxylic acids is 2. The van der Waals surface area contributed by atoms with Gasteiger partial charge < -0.3 is 15.0 Å². The van der Waals surface area contributed by atoms with Gasteiger partial charge in [-0.25, -0.2) is 8.42 Å². The Morgan fingerprint density at radius 2 is 1.40 bits per heavy atom. The summed E-state index contributed by atoms with van der Waals surface area (Å²) >= 11 is 0. The van der Waals surface area contributed by atoms with Crippen molar-refractivity contribution in [1.82, 2.24) is 10.2 Å². The minimum Gasteiger partial charge on any atom is -0.497 e. The van der Waals surface area contributed by atoms with E-state index < -0.39 is 28.5 Å². The molecule has 0 aromatic heterocycles. The van der Waals surface area contributed by atoms with Gasteiger partial charge in [0.05, 0.1) is 17.7 Å². The number of benzene rings is 4. The Morgan fingerprint density at radius 3 is 2.00 bits per heavy atom. The Morgan fingerprint density at radius 1 is 0.787 bits per heavy atom. The van der Waals surface area contributed by atoms with Gasteiger partial charge in [-0.3, -0.25) is 13.9 Å².